The smallest absolute Gasteiger partial charge is 0.0225 e. The standard InChI is InChI=1S/C13H16.C4H8.C2H6/c1-10(2)8-12(4)13-7-5-6-11(3)9-13;1-4(2)3;1-2/h5-9H,1H2,2-4H3;1H2,2-3H3;1-2H3/b12-8+;;. The van der Waals surface area contributed by atoms with E-state index < -0.39 is 0 Å². The van der Waals surface area contributed by atoms with E-state index in [1.807, 2.05) is 34.6 Å². The number of rotatable bonds is 2. The molecule has 0 fully saturated rings. The molecule has 0 heterocycles. The Hall–Kier alpha value is -1.56. The van der Waals surface area contributed by atoms with Crippen molar-refractivity contribution in [1.82, 2.24) is 0 Å². The minimum atomic E-state index is 1.10. The Morgan fingerprint density at radius 2 is 1.47 bits per heavy atom. The van der Waals surface area contributed by atoms with Crippen LogP contribution in [-0.4, -0.2) is 0 Å². The van der Waals surface area contributed by atoms with Gasteiger partial charge in [-0.25, -0.2) is 0 Å². The van der Waals surface area contributed by atoms with Gasteiger partial charge in [-0.2, -0.15) is 0 Å². The summed E-state index contributed by atoms with van der Waals surface area (Å²) in [6.07, 6.45) is 2.11. The van der Waals surface area contributed by atoms with Gasteiger partial charge in [-0.3, -0.25) is 0 Å². The Morgan fingerprint density at radius 1 is 1.00 bits per heavy atom. The number of hydrogen-bond donors (Lipinski definition) is 0. The van der Waals surface area contributed by atoms with E-state index in [1.54, 1.807) is 0 Å². The van der Waals surface area contributed by atoms with Gasteiger partial charge >= 0.3 is 0 Å². The van der Waals surface area contributed by atoms with Gasteiger partial charge in [0.15, 0.2) is 0 Å². The molecule has 0 aliphatic heterocycles. The first-order valence-corrected chi connectivity index (χ1v) is 6.86. The van der Waals surface area contributed by atoms with Crippen LogP contribution in [0.3, 0.4) is 0 Å². The average molecular weight is 258 g/mol. The topological polar surface area (TPSA) is 0 Å². The Bertz CT molecular complexity index is 415. The van der Waals surface area contributed by atoms with E-state index in [4.69, 9.17) is 0 Å². The third-order valence-electron chi connectivity index (χ3n) is 1.94. The Labute approximate surface area is 120 Å². The normalized spacial score (nSPS) is 9.53. The van der Waals surface area contributed by atoms with Crippen molar-refractivity contribution in [2.75, 3.05) is 0 Å². The highest BCUT2D eigenvalue weighted by molar-refractivity contribution is 5.66. The second-order valence-electron chi connectivity index (χ2n) is 4.75. The van der Waals surface area contributed by atoms with Gasteiger partial charge in [0.1, 0.15) is 0 Å². The minimum Gasteiger partial charge on any atom is -0.100 e. The molecule has 0 unspecified atom stereocenters. The van der Waals surface area contributed by atoms with Crippen LogP contribution >= 0.6 is 0 Å². The summed E-state index contributed by atoms with van der Waals surface area (Å²) in [5.41, 5.74) is 6.12. The van der Waals surface area contributed by atoms with Gasteiger partial charge in [-0.15, -0.1) is 6.58 Å². The molecule has 0 spiro atoms. The van der Waals surface area contributed by atoms with Gasteiger partial charge in [0.25, 0.3) is 0 Å². The predicted molar refractivity (Wildman–Crippen MR) is 91.5 cm³/mol. The van der Waals surface area contributed by atoms with E-state index in [1.165, 1.54) is 22.3 Å². The van der Waals surface area contributed by atoms with Crippen molar-refractivity contribution in [2.24, 2.45) is 0 Å². The van der Waals surface area contributed by atoms with Crippen molar-refractivity contribution >= 4 is 5.57 Å². The van der Waals surface area contributed by atoms with Crippen molar-refractivity contribution in [1.29, 1.82) is 0 Å². The molecular formula is C19H30. The molecule has 1 aromatic carbocycles. The van der Waals surface area contributed by atoms with E-state index in [0.29, 0.717) is 0 Å². The zero-order chi connectivity index (χ0) is 15.4. The van der Waals surface area contributed by atoms with Crippen molar-refractivity contribution < 1.29 is 0 Å². The summed E-state index contributed by atoms with van der Waals surface area (Å²) in [5, 5.41) is 0. The minimum absolute atomic E-state index is 1.10. The van der Waals surface area contributed by atoms with Crippen LogP contribution in [-0.2, 0) is 0 Å². The summed E-state index contributed by atoms with van der Waals surface area (Å²) in [5.74, 6) is 0. The van der Waals surface area contributed by atoms with Crippen LogP contribution in [0.4, 0.5) is 0 Å². The molecule has 106 valence electrons. The first-order valence-electron chi connectivity index (χ1n) is 6.86. The lowest BCUT2D eigenvalue weighted by Crippen LogP contribution is -1.81. The van der Waals surface area contributed by atoms with Gasteiger partial charge in [0.05, 0.1) is 0 Å². The van der Waals surface area contributed by atoms with Crippen LogP contribution in [0.15, 0.2) is 54.6 Å². The number of aryl methyl sites for hydroxylation is 1. The first kappa shape index (κ1) is 19.8. The zero-order valence-corrected chi connectivity index (χ0v) is 13.8. The van der Waals surface area contributed by atoms with Crippen molar-refractivity contribution in [3.05, 3.63) is 65.8 Å². The fraction of sp³-hybridized carbons (Fsp3) is 0.368. The number of benzene rings is 1. The predicted octanol–water partition coefficient (Wildman–Crippen LogP) is 6.58. The SMILES string of the molecule is C=C(C)/C=C(\C)c1cccc(C)c1.C=C(C)C.CC. The molecule has 0 bridgehead atoms. The summed E-state index contributed by atoms with van der Waals surface area (Å²) in [6.45, 7) is 21.6. The molecule has 0 N–H and O–H groups in total. The average Bonchev–Trinajstić information content (AvgIpc) is 2.30. The van der Waals surface area contributed by atoms with Crippen LogP contribution in [0, 0.1) is 6.92 Å². The highest BCUT2D eigenvalue weighted by Crippen LogP contribution is 2.16. The molecule has 0 aliphatic rings. The monoisotopic (exact) mass is 258 g/mol. The molecule has 0 aromatic heterocycles. The fourth-order valence-electron chi connectivity index (χ4n) is 1.34. The molecule has 0 amide bonds. The molecule has 0 atom stereocenters. The zero-order valence-electron chi connectivity index (χ0n) is 13.8. The maximum atomic E-state index is 3.87. The van der Waals surface area contributed by atoms with Gasteiger partial charge in [-0.05, 0) is 45.8 Å². The van der Waals surface area contributed by atoms with Gasteiger partial charge in [0.2, 0.25) is 0 Å². The van der Waals surface area contributed by atoms with Crippen LogP contribution in [0.25, 0.3) is 5.57 Å². The molecule has 0 radical (unpaired) electrons. The van der Waals surface area contributed by atoms with Crippen LogP contribution in [0.1, 0.15) is 52.7 Å². The van der Waals surface area contributed by atoms with E-state index in [2.05, 4.69) is 57.3 Å². The van der Waals surface area contributed by atoms with E-state index in [9.17, 15) is 0 Å². The first-order chi connectivity index (χ1) is 8.82. The van der Waals surface area contributed by atoms with E-state index in [-0.39, 0.29) is 0 Å². The van der Waals surface area contributed by atoms with Crippen LogP contribution < -0.4 is 0 Å². The third-order valence-corrected chi connectivity index (χ3v) is 1.94. The van der Waals surface area contributed by atoms with Crippen molar-refractivity contribution in [2.45, 2.75) is 48.5 Å². The third kappa shape index (κ3) is 12.7. The Kier molecular flexibility index (Phi) is 12.0. The lowest BCUT2D eigenvalue weighted by atomic mass is 10.0. The second kappa shape index (κ2) is 11.5. The summed E-state index contributed by atoms with van der Waals surface area (Å²) in [7, 11) is 0. The quantitative estimate of drug-likeness (QED) is 0.415. The molecule has 0 heteroatoms. The lowest BCUT2D eigenvalue weighted by molar-refractivity contribution is 1.42. The Balaban J connectivity index is 0. The van der Waals surface area contributed by atoms with Gasteiger partial charge in [-0.1, -0.05) is 67.5 Å². The van der Waals surface area contributed by atoms with Crippen LogP contribution in [0.5, 0.6) is 0 Å². The molecule has 1 rings (SSSR count). The highest BCUT2D eigenvalue weighted by Gasteiger charge is 1.94. The number of hydrogen-bond acceptors (Lipinski definition) is 0. The molecule has 0 nitrogen and oxygen atoms in total. The highest BCUT2D eigenvalue weighted by atomic mass is 14.0. The fourth-order valence-corrected chi connectivity index (χ4v) is 1.34. The molecule has 0 saturated heterocycles. The van der Waals surface area contributed by atoms with Gasteiger partial charge in [0, 0.05) is 0 Å². The van der Waals surface area contributed by atoms with Crippen molar-refractivity contribution in [3.63, 3.8) is 0 Å². The molecule has 1 aromatic rings. The number of allylic oxidation sites excluding steroid dienone is 4. The summed E-state index contributed by atoms with van der Waals surface area (Å²) >= 11 is 0. The maximum Gasteiger partial charge on any atom is -0.0225 e. The van der Waals surface area contributed by atoms with Crippen LogP contribution in [0.2, 0.25) is 0 Å². The summed E-state index contributed by atoms with van der Waals surface area (Å²) < 4.78 is 0. The molecule has 0 aliphatic carbocycles. The molecule has 19 heavy (non-hydrogen) atoms. The summed E-state index contributed by atoms with van der Waals surface area (Å²) in [4.78, 5) is 0. The molecular weight excluding hydrogens is 228 g/mol. The van der Waals surface area contributed by atoms with Gasteiger partial charge < -0.3 is 0 Å². The largest absolute Gasteiger partial charge is 0.100 e. The maximum absolute atomic E-state index is 3.87. The van der Waals surface area contributed by atoms with E-state index >= 15 is 0 Å². The molecule has 0 saturated carbocycles. The Morgan fingerprint density at radius 3 is 1.84 bits per heavy atom. The summed E-state index contributed by atoms with van der Waals surface area (Å²) in [6, 6.07) is 8.51. The van der Waals surface area contributed by atoms with Crippen molar-refractivity contribution in [3.8, 4) is 0 Å². The van der Waals surface area contributed by atoms with E-state index in [0.717, 1.165) is 5.57 Å². The second-order valence-corrected chi connectivity index (χ2v) is 4.75. The lowest BCUT2D eigenvalue weighted by Gasteiger charge is -2.02.